The molecule has 5 heteroatoms. The van der Waals surface area contributed by atoms with Gasteiger partial charge in [-0.25, -0.2) is 0 Å². The van der Waals surface area contributed by atoms with Gasteiger partial charge in [0.25, 0.3) is 5.91 Å². The molecule has 26 heavy (non-hydrogen) atoms. The van der Waals surface area contributed by atoms with E-state index in [4.69, 9.17) is 0 Å². The Labute approximate surface area is 154 Å². The number of nitrogens with one attached hydrogen (secondary N) is 1. The van der Waals surface area contributed by atoms with Gasteiger partial charge in [0.15, 0.2) is 0 Å². The average molecular weight is 356 g/mol. The number of amides is 2. The molecule has 2 unspecified atom stereocenters. The number of carbonyl (C=O) groups is 2. The fourth-order valence-corrected chi connectivity index (χ4v) is 5.17. The van der Waals surface area contributed by atoms with Gasteiger partial charge in [0.05, 0.1) is 11.1 Å². The summed E-state index contributed by atoms with van der Waals surface area (Å²) in [4.78, 5) is 27.1. The van der Waals surface area contributed by atoms with Crippen molar-refractivity contribution < 1.29 is 14.7 Å². The number of benzene rings is 1. The largest absolute Gasteiger partial charge is 0.507 e. The summed E-state index contributed by atoms with van der Waals surface area (Å²) in [6, 6.07) is 3.73. The first-order chi connectivity index (χ1) is 12.6. The topological polar surface area (TPSA) is 69.6 Å². The van der Waals surface area contributed by atoms with E-state index < -0.39 is 0 Å². The standard InChI is InChI=1S/C21H28N2O3/c1-2-18(24)23-12-10-15-9-11-21(15,23)13-22-20(26)17-8-7-14-5-3-4-6-16(14)19(17)25/h7-8,15,25H,2-6,9-13H2,1H3,(H,22,26). The van der Waals surface area contributed by atoms with Crippen LogP contribution in [0.4, 0.5) is 0 Å². The van der Waals surface area contributed by atoms with Crippen molar-refractivity contribution in [2.75, 3.05) is 13.1 Å². The van der Waals surface area contributed by atoms with Crippen molar-refractivity contribution in [3.63, 3.8) is 0 Å². The van der Waals surface area contributed by atoms with Gasteiger partial charge < -0.3 is 15.3 Å². The fourth-order valence-electron chi connectivity index (χ4n) is 5.17. The highest BCUT2D eigenvalue weighted by Gasteiger charge is 2.56. The summed E-state index contributed by atoms with van der Waals surface area (Å²) in [6.45, 7) is 3.18. The lowest BCUT2D eigenvalue weighted by Crippen LogP contribution is -2.62. The van der Waals surface area contributed by atoms with Crippen LogP contribution in [0.25, 0.3) is 0 Å². The van der Waals surface area contributed by atoms with Crippen LogP contribution in [0.5, 0.6) is 5.75 Å². The van der Waals surface area contributed by atoms with Crippen molar-refractivity contribution in [2.24, 2.45) is 5.92 Å². The van der Waals surface area contributed by atoms with Crippen LogP contribution in [0.15, 0.2) is 12.1 Å². The molecule has 5 nitrogen and oxygen atoms in total. The van der Waals surface area contributed by atoms with E-state index in [0.717, 1.165) is 57.1 Å². The van der Waals surface area contributed by atoms with Gasteiger partial charge in [-0.1, -0.05) is 13.0 Å². The number of phenols is 1. The van der Waals surface area contributed by atoms with Gasteiger partial charge in [-0.2, -0.15) is 0 Å². The monoisotopic (exact) mass is 356 g/mol. The molecule has 2 fully saturated rings. The number of nitrogens with zero attached hydrogens (tertiary/aromatic N) is 1. The van der Waals surface area contributed by atoms with Gasteiger partial charge in [0.2, 0.25) is 5.91 Å². The van der Waals surface area contributed by atoms with Crippen LogP contribution >= 0.6 is 0 Å². The molecule has 1 aliphatic heterocycles. The number of aryl methyl sites for hydroxylation is 1. The Morgan fingerprint density at radius 3 is 2.81 bits per heavy atom. The first-order valence-electron chi connectivity index (χ1n) is 9.99. The summed E-state index contributed by atoms with van der Waals surface area (Å²) in [6.07, 6.45) is 7.65. The molecule has 0 radical (unpaired) electrons. The number of hydrogen-bond donors (Lipinski definition) is 2. The molecule has 0 aromatic heterocycles. The van der Waals surface area contributed by atoms with E-state index in [1.165, 1.54) is 5.56 Å². The zero-order chi connectivity index (χ0) is 18.3. The van der Waals surface area contributed by atoms with Crippen LogP contribution in [0.2, 0.25) is 0 Å². The Kier molecular flexibility index (Phi) is 4.41. The van der Waals surface area contributed by atoms with Crippen molar-refractivity contribution in [3.05, 3.63) is 28.8 Å². The van der Waals surface area contributed by atoms with Crippen LogP contribution in [-0.2, 0) is 17.6 Å². The van der Waals surface area contributed by atoms with Gasteiger partial charge in [0.1, 0.15) is 5.75 Å². The number of rotatable bonds is 4. The molecular formula is C21H28N2O3. The lowest BCUT2D eigenvalue weighted by Gasteiger charge is -2.50. The number of aromatic hydroxyl groups is 1. The maximum atomic E-state index is 12.8. The number of hydrogen-bond acceptors (Lipinski definition) is 3. The third-order valence-electron chi connectivity index (χ3n) is 6.83. The van der Waals surface area contributed by atoms with Crippen LogP contribution in [-0.4, -0.2) is 40.4 Å². The van der Waals surface area contributed by atoms with E-state index in [9.17, 15) is 14.7 Å². The van der Waals surface area contributed by atoms with E-state index in [2.05, 4.69) is 5.32 Å². The Bertz CT molecular complexity index is 745. The summed E-state index contributed by atoms with van der Waals surface area (Å²) < 4.78 is 0. The Morgan fingerprint density at radius 2 is 2.08 bits per heavy atom. The molecular weight excluding hydrogens is 328 g/mol. The highest BCUT2D eigenvalue weighted by atomic mass is 16.3. The smallest absolute Gasteiger partial charge is 0.255 e. The van der Waals surface area contributed by atoms with Crippen LogP contribution < -0.4 is 5.32 Å². The molecule has 1 saturated carbocycles. The van der Waals surface area contributed by atoms with E-state index in [0.29, 0.717) is 24.4 Å². The zero-order valence-electron chi connectivity index (χ0n) is 15.5. The Balaban J connectivity index is 1.50. The highest BCUT2D eigenvalue weighted by molar-refractivity contribution is 5.97. The molecule has 2 amide bonds. The Morgan fingerprint density at radius 1 is 1.27 bits per heavy atom. The molecule has 3 aliphatic rings. The number of fused-ring (bicyclic) bond motifs is 2. The molecule has 1 aromatic carbocycles. The van der Waals surface area contributed by atoms with E-state index in [-0.39, 0.29) is 23.1 Å². The van der Waals surface area contributed by atoms with Gasteiger partial charge >= 0.3 is 0 Å². The van der Waals surface area contributed by atoms with Crippen molar-refractivity contribution in [1.29, 1.82) is 0 Å². The summed E-state index contributed by atoms with van der Waals surface area (Å²) in [7, 11) is 0. The highest BCUT2D eigenvalue weighted by Crippen LogP contribution is 2.50. The maximum Gasteiger partial charge on any atom is 0.255 e. The predicted molar refractivity (Wildman–Crippen MR) is 99.2 cm³/mol. The van der Waals surface area contributed by atoms with E-state index in [1.807, 2.05) is 17.9 Å². The van der Waals surface area contributed by atoms with Crippen molar-refractivity contribution >= 4 is 11.8 Å². The molecule has 0 spiro atoms. The average Bonchev–Trinajstić information content (AvgIpc) is 2.90. The second-order valence-electron chi connectivity index (χ2n) is 8.02. The molecule has 1 saturated heterocycles. The molecule has 2 atom stereocenters. The third-order valence-corrected chi connectivity index (χ3v) is 6.83. The summed E-state index contributed by atoms with van der Waals surface area (Å²) in [5.41, 5.74) is 2.27. The minimum atomic E-state index is -0.230. The normalized spacial score (nSPS) is 26.7. The molecule has 140 valence electrons. The van der Waals surface area contributed by atoms with E-state index >= 15 is 0 Å². The third kappa shape index (κ3) is 2.60. The molecule has 2 N–H and O–H groups in total. The van der Waals surface area contributed by atoms with Gasteiger partial charge in [0, 0.05) is 19.5 Å². The van der Waals surface area contributed by atoms with Crippen molar-refractivity contribution in [1.82, 2.24) is 10.2 Å². The molecule has 1 heterocycles. The number of phenolic OH excluding ortho intramolecular Hbond substituents is 1. The maximum absolute atomic E-state index is 12.8. The molecule has 0 bridgehead atoms. The second kappa shape index (κ2) is 6.60. The predicted octanol–water partition coefficient (Wildman–Crippen LogP) is 2.79. The molecule has 1 aromatic rings. The number of likely N-dealkylation sites (tertiary alicyclic amines) is 1. The van der Waals surface area contributed by atoms with Crippen LogP contribution in [0.3, 0.4) is 0 Å². The lowest BCUT2D eigenvalue weighted by molar-refractivity contribution is -0.139. The quantitative estimate of drug-likeness (QED) is 0.871. The summed E-state index contributed by atoms with van der Waals surface area (Å²) >= 11 is 0. The van der Waals surface area contributed by atoms with Gasteiger partial charge in [-0.15, -0.1) is 0 Å². The van der Waals surface area contributed by atoms with Crippen molar-refractivity contribution in [2.45, 2.75) is 63.8 Å². The summed E-state index contributed by atoms with van der Waals surface area (Å²) in [5, 5.41) is 13.6. The lowest BCUT2D eigenvalue weighted by atomic mass is 9.67. The first kappa shape index (κ1) is 17.4. The number of carbonyl (C=O) groups excluding carboxylic acids is 2. The van der Waals surface area contributed by atoms with Crippen LogP contribution in [0.1, 0.15) is 66.9 Å². The minimum absolute atomic E-state index is 0.148. The van der Waals surface area contributed by atoms with Crippen LogP contribution in [0, 0.1) is 5.92 Å². The Hall–Kier alpha value is -2.04. The minimum Gasteiger partial charge on any atom is -0.507 e. The van der Waals surface area contributed by atoms with Crippen molar-refractivity contribution in [3.8, 4) is 5.75 Å². The SMILES string of the molecule is CCC(=O)N1CCC2CCC21CNC(=O)c1ccc2c(c1O)CCCC2. The first-order valence-corrected chi connectivity index (χ1v) is 9.99. The van der Waals surface area contributed by atoms with E-state index in [1.54, 1.807) is 6.07 Å². The summed E-state index contributed by atoms with van der Waals surface area (Å²) in [5.74, 6) is 0.593. The zero-order valence-corrected chi connectivity index (χ0v) is 15.5. The van der Waals surface area contributed by atoms with Gasteiger partial charge in [-0.05, 0) is 68.1 Å². The molecule has 2 aliphatic carbocycles. The second-order valence-corrected chi connectivity index (χ2v) is 8.02. The van der Waals surface area contributed by atoms with Gasteiger partial charge in [-0.3, -0.25) is 9.59 Å². The fraction of sp³-hybridized carbons (Fsp3) is 0.619. The molecule has 4 rings (SSSR count).